The van der Waals surface area contributed by atoms with Gasteiger partial charge in [-0.1, -0.05) is 0 Å². The third kappa shape index (κ3) is 5.28. The van der Waals surface area contributed by atoms with Crippen molar-refractivity contribution in [3.8, 4) is 0 Å². The van der Waals surface area contributed by atoms with E-state index < -0.39 is 12.6 Å². The topological polar surface area (TPSA) is 56.7 Å². The standard InChI is InChI=1S/C3H5BF3N4S.K/c5-4(6,7)1-12-3-10-9-2-11(3)8;/h2H,1,8H2;/q-1;+1. The quantitative estimate of drug-likeness (QED) is 0.357. The number of nitrogen functional groups attached to an aromatic ring is 1. The van der Waals surface area contributed by atoms with E-state index >= 15 is 0 Å². The smallest absolute Gasteiger partial charge is 0.448 e. The Kier molecular flexibility index (Phi) is 5.95. The molecule has 0 aromatic carbocycles. The van der Waals surface area contributed by atoms with Crippen molar-refractivity contribution in [3.63, 3.8) is 0 Å². The first kappa shape index (κ1) is 13.8. The van der Waals surface area contributed by atoms with E-state index in [0.717, 1.165) is 11.0 Å². The molecule has 1 aromatic heterocycles. The van der Waals surface area contributed by atoms with Crippen molar-refractivity contribution >= 4 is 18.7 Å². The summed E-state index contributed by atoms with van der Waals surface area (Å²) in [5, 5.41) is 6.77. The molecular formula is C3H5BF3KN4S. The molecule has 0 aliphatic rings. The fourth-order valence-corrected chi connectivity index (χ4v) is 1.14. The minimum Gasteiger partial charge on any atom is -0.448 e. The summed E-state index contributed by atoms with van der Waals surface area (Å²) in [5.74, 6) is 5.18. The summed E-state index contributed by atoms with van der Waals surface area (Å²) in [6.07, 6.45) is 1.14. The molecule has 0 amide bonds. The van der Waals surface area contributed by atoms with E-state index in [-0.39, 0.29) is 56.5 Å². The fraction of sp³-hybridized carbons (Fsp3) is 0.333. The Morgan fingerprint density at radius 2 is 2.15 bits per heavy atom. The summed E-state index contributed by atoms with van der Waals surface area (Å²) in [7, 11) is 0. The van der Waals surface area contributed by atoms with Gasteiger partial charge >= 0.3 is 58.4 Å². The van der Waals surface area contributed by atoms with E-state index in [2.05, 4.69) is 10.2 Å². The summed E-state index contributed by atoms with van der Waals surface area (Å²) in [6.45, 7) is -4.80. The van der Waals surface area contributed by atoms with Gasteiger partial charge in [-0.3, -0.25) is 0 Å². The van der Waals surface area contributed by atoms with E-state index in [1.807, 2.05) is 0 Å². The number of nitrogens with zero attached hydrogens (tertiary/aromatic N) is 3. The predicted octanol–water partition coefficient (Wildman–Crippen LogP) is -2.53. The molecule has 68 valence electrons. The Morgan fingerprint density at radius 3 is 2.54 bits per heavy atom. The second-order valence-electron chi connectivity index (χ2n) is 2.04. The van der Waals surface area contributed by atoms with Crippen LogP contribution in [0.25, 0.3) is 0 Å². The van der Waals surface area contributed by atoms with Crippen molar-refractivity contribution in [2.24, 2.45) is 0 Å². The van der Waals surface area contributed by atoms with Gasteiger partial charge in [0, 0.05) is 0 Å². The Morgan fingerprint density at radius 1 is 1.54 bits per heavy atom. The molecule has 0 unspecified atom stereocenters. The van der Waals surface area contributed by atoms with Crippen molar-refractivity contribution in [1.29, 1.82) is 0 Å². The average molecular weight is 236 g/mol. The summed E-state index contributed by atoms with van der Waals surface area (Å²) in [5.41, 5.74) is -0.949. The molecule has 0 atom stereocenters. The summed E-state index contributed by atoms with van der Waals surface area (Å²) >= 11 is 0.528. The van der Waals surface area contributed by atoms with Crippen molar-refractivity contribution in [1.82, 2.24) is 14.9 Å². The summed E-state index contributed by atoms with van der Waals surface area (Å²) < 4.78 is 36.1. The van der Waals surface area contributed by atoms with Gasteiger partial charge in [0.1, 0.15) is 6.33 Å². The van der Waals surface area contributed by atoms with Gasteiger partial charge in [0.25, 0.3) is 0 Å². The van der Waals surface area contributed by atoms with Crippen LogP contribution in [-0.4, -0.2) is 27.5 Å². The van der Waals surface area contributed by atoms with Crippen molar-refractivity contribution in [3.05, 3.63) is 6.33 Å². The molecule has 0 fully saturated rings. The first-order chi connectivity index (χ1) is 5.49. The minimum atomic E-state index is -4.80. The maximum Gasteiger partial charge on any atom is 1.00 e. The number of thioether (sulfide) groups is 1. The second-order valence-corrected chi connectivity index (χ2v) is 3.03. The molecule has 10 heteroatoms. The monoisotopic (exact) mass is 236 g/mol. The number of aromatic nitrogens is 3. The van der Waals surface area contributed by atoms with Gasteiger partial charge in [0.05, 0.1) is 0 Å². The molecule has 0 aliphatic heterocycles. The third-order valence-electron chi connectivity index (χ3n) is 0.942. The van der Waals surface area contributed by atoms with Crippen LogP contribution >= 0.6 is 11.8 Å². The van der Waals surface area contributed by atoms with Gasteiger partial charge in [0.2, 0.25) is 5.16 Å². The number of hydrogen-bond donors (Lipinski definition) is 1. The molecule has 4 nitrogen and oxygen atoms in total. The van der Waals surface area contributed by atoms with E-state index in [9.17, 15) is 12.9 Å². The Hall–Kier alpha value is 0.781. The van der Waals surface area contributed by atoms with Crippen molar-refractivity contribution in [2.45, 2.75) is 5.16 Å². The maximum absolute atomic E-state index is 11.7. The molecule has 2 N–H and O–H groups in total. The van der Waals surface area contributed by atoms with E-state index in [4.69, 9.17) is 5.84 Å². The molecule has 1 heterocycles. The van der Waals surface area contributed by atoms with Gasteiger partial charge in [-0.15, -0.1) is 22.0 Å². The van der Waals surface area contributed by atoms with Gasteiger partial charge in [-0.2, -0.15) is 0 Å². The van der Waals surface area contributed by atoms with Crippen molar-refractivity contribution < 1.29 is 64.3 Å². The molecular weight excluding hydrogens is 231 g/mol. The molecule has 0 spiro atoms. The number of nitrogens with two attached hydrogens (primary N) is 1. The van der Waals surface area contributed by atoms with E-state index in [0.29, 0.717) is 11.8 Å². The molecule has 0 saturated carbocycles. The van der Waals surface area contributed by atoms with Crippen LogP contribution in [-0.2, 0) is 0 Å². The zero-order valence-corrected chi connectivity index (χ0v) is 10.8. The molecule has 0 bridgehead atoms. The van der Waals surface area contributed by atoms with E-state index in [1.54, 1.807) is 0 Å². The van der Waals surface area contributed by atoms with Gasteiger partial charge in [-0.25, -0.2) is 4.68 Å². The third-order valence-corrected chi connectivity index (χ3v) is 2.04. The molecule has 1 aromatic rings. The van der Waals surface area contributed by atoms with Crippen LogP contribution in [0.15, 0.2) is 11.5 Å². The number of hydrogen-bond acceptors (Lipinski definition) is 4. The number of rotatable bonds is 3. The molecule has 13 heavy (non-hydrogen) atoms. The minimum absolute atomic E-state index is 0. The van der Waals surface area contributed by atoms with Crippen LogP contribution < -0.4 is 57.2 Å². The van der Waals surface area contributed by atoms with Crippen LogP contribution in [0, 0.1) is 0 Å². The Labute approximate surface area is 119 Å². The molecule has 1 rings (SSSR count). The van der Waals surface area contributed by atoms with Crippen molar-refractivity contribution in [2.75, 3.05) is 11.5 Å². The summed E-state index contributed by atoms with van der Waals surface area (Å²) in [6, 6.07) is 0. The van der Waals surface area contributed by atoms with E-state index in [1.165, 1.54) is 0 Å². The SMILES string of the molecule is Nn1cnnc1SC[B-](F)(F)F.[K+]. The Bertz CT molecular complexity index is 265. The first-order valence-corrected chi connectivity index (χ1v) is 3.96. The van der Waals surface area contributed by atoms with Crippen LogP contribution in [0.3, 0.4) is 0 Å². The normalized spacial score (nSPS) is 11.0. The second kappa shape index (κ2) is 5.61. The van der Waals surface area contributed by atoms with Crippen LogP contribution in [0.4, 0.5) is 12.9 Å². The molecule has 0 saturated heterocycles. The average Bonchev–Trinajstić information content (AvgIpc) is 2.29. The molecule has 0 radical (unpaired) electrons. The zero-order valence-electron chi connectivity index (χ0n) is 6.82. The Balaban J connectivity index is 0.00000144. The van der Waals surface area contributed by atoms with Crippen LogP contribution in [0.5, 0.6) is 0 Å². The van der Waals surface area contributed by atoms with Crippen LogP contribution in [0.1, 0.15) is 0 Å². The van der Waals surface area contributed by atoms with Gasteiger partial charge < -0.3 is 18.8 Å². The summed E-state index contributed by atoms with van der Waals surface area (Å²) in [4.78, 5) is 0. The fourth-order valence-electron chi connectivity index (χ4n) is 0.504. The van der Waals surface area contributed by atoms with Gasteiger partial charge in [0.15, 0.2) is 0 Å². The zero-order chi connectivity index (χ0) is 9.19. The van der Waals surface area contributed by atoms with Crippen LogP contribution in [0.2, 0.25) is 0 Å². The largest absolute Gasteiger partial charge is 1.00 e. The van der Waals surface area contributed by atoms with Gasteiger partial charge in [-0.05, 0) is 5.65 Å². The predicted molar refractivity (Wildman–Crippen MR) is 40.0 cm³/mol. The molecule has 0 aliphatic carbocycles. The maximum atomic E-state index is 11.7. The first-order valence-electron chi connectivity index (χ1n) is 2.98. The number of halogens is 3.